The summed E-state index contributed by atoms with van der Waals surface area (Å²) in [6.45, 7) is 12.2. The Labute approximate surface area is 110 Å². The van der Waals surface area contributed by atoms with Gasteiger partial charge < -0.3 is 4.43 Å². The van der Waals surface area contributed by atoms with Crippen molar-refractivity contribution in [3.05, 3.63) is 16.1 Å². The van der Waals surface area contributed by atoms with E-state index in [2.05, 4.69) is 25.8 Å². The van der Waals surface area contributed by atoms with Gasteiger partial charge in [0.25, 0.3) is 0 Å². The van der Waals surface area contributed by atoms with Crippen molar-refractivity contribution in [1.29, 1.82) is 0 Å². The molecule has 0 N–H and O–H groups in total. The Balaban J connectivity index is 2.78. The topological polar surface area (TPSA) is 39.2 Å². The van der Waals surface area contributed by atoms with Crippen LogP contribution in [0.2, 0.25) is 5.04 Å². The van der Waals surface area contributed by atoms with E-state index in [1.165, 1.54) is 11.3 Å². The second-order valence-corrected chi connectivity index (χ2v) is 9.67. The number of rotatable bonds is 4. The van der Waals surface area contributed by atoms with E-state index in [1.807, 2.05) is 13.8 Å². The van der Waals surface area contributed by atoms with Crippen LogP contribution in [0, 0.1) is 0 Å². The average molecular weight is 271 g/mol. The molecule has 1 aromatic rings. The van der Waals surface area contributed by atoms with Crippen molar-refractivity contribution in [2.45, 2.75) is 52.2 Å². The van der Waals surface area contributed by atoms with Crippen LogP contribution in [0.3, 0.4) is 0 Å². The van der Waals surface area contributed by atoms with Gasteiger partial charge in [-0.1, -0.05) is 20.8 Å². The predicted molar refractivity (Wildman–Crippen MR) is 74.5 cm³/mol. The van der Waals surface area contributed by atoms with Crippen LogP contribution in [-0.4, -0.2) is 20.5 Å². The molecule has 0 aliphatic rings. The highest BCUT2D eigenvalue weighted by molar-refractivity contribution is 7.13. The summed E-state index contributed by atoms with van der Waals surface area (Å²) in [5, 5.41) is 0.833. The summed E-state index contributed by atoms with van der Waals surface area (Å²) in [4.78, 5) is 16.4. The number of carbonyl (C=O) groups excluding carboxylic acids is 1. The van der Waals surface area contributed by atoms with E-state index in [0.717, 1.165) is 4.88 Å². The standard InChI is InChI=1S/C12H21NO2SSi/c1-8(14)10-13-7-9(16-10)12(5,6)15-17-11(2,3)4/h7H,17H2,1-6H3. The highest BCUT2D eigenvalue weighted by atomic mass is 32.1. The molecule has 0 unspecified atom stereocenters. The number of aromatic nitrogens is 1. The third-order valence-electron chi connectivity index (χ3n) is 2.27. The number of carbonyl (C=O) groups is 1. The Morgan fingerprint density at radius 2 is 1.94 bits per heavy atom. The van der Waals surface area contributed by atoms with Crippen LogP contribution < -0.4 is 0 Å². The van der Waals surface area contributed by atoms with Gasteiger partial charge in [0.1, 0.15) is 0 Å². The lowest BCUT2D eigenvalue weighted by molar-refractivity contribution is 0.101. The van der Waals surface area contributed by atoms with E-state index < -0.39 is 9.76 Å². The lowest BCUT2D eigenvalue weighted by Gasteiger charge is -2.28. The molecule has 0 bridgehead atoms. The fraction of sp³-hybridized carbons (Fsp3) is 0.667. The normalized spacial score (nSPS) is 13.5. The number of Topliss-reactive ketones (excluding diaryl/α,β-unsaturated/α-hetero) is 1. The van der Waals surface area contributed by atoms with Gasteiger partial charge in [0, 0.05) is 13.1 Å². The van der Waals surface area contributed by atoms with Gasteiger partial charge in [0.2, 0.25) is 0 Å². The molecule has 5 heteroatoms. The molecule has 0 aliphatic carbocycles. The number of thiazole rings is 1. The molecule has 0 saturated heterocycles. The van der Waals surface area contributed by atoms with Crippen LogP contribution in [-0.2, 0) is 10.0 Å². The summed E-state index contributed by atoms with van der Waals surface area (Å²) in [6.07, 6.45) is 1.76. The first-order chi connectivity index (χ1) is 7.62. The minimum atomic E-state index is -0.615. The first-order valence-corrected chi connectivity index (χ1v) is 7.83. The van der Waals surface area contributed by atoms with Crippen LogP contribution in [0.15, 0.2) is 6.20 Å². The van der Waals surface area contributed by atoms with Crippen LogP contribution >= 0.6 is 11.3 Å². The molecule has 0 atom stereocenters. The van der Waals surface area contributed by atoms with Crippen molar-refractivity contribution >= 4 is 26.9 Å². The highest BCUT2D eigenvalue weighted by Crippen LogP contribution is 2.32. The van der Waals surface area contributed by atoms with E-state index in [9.17, 15) is 4.79 Å². The van der Waals surface area contributed by atoms with E-state index in [-0.39, 0.29) is 16.4 Å². The fourth-order valence-corrected chi connectivity index (χ4v) is 3.10. The van der Waals surface area contributed by atoms with Gasteiger partial charge in [-0.15, -0.1) is 11.3 Å². The molecular formula is C12H21NO2SSi. The first-order valence-electron chi connectivity index (χ1n) is 5.73. The summed E-state index contributed by atoms with van der Waals surface area (Å²) in [5.41, 5.74) is -0.329. The monoisotopic (exact) mass is 271 g/mol. The Kier molecular flexibility index (Phi) is 4.27. The van der Waals surface area contributed by atoms with Crippen molar-refractivity contribution in [1.82, 2.24) is 4.98 Å². The zero-order chi connectivity index (χ0) is 13.3. The van der Waals surface area contributed by atoms with Gasteiger partial charge in [0.15, 0.2) is 20.6 Å². The van der Waals surface area contributed by atoms with Crippen LogP contribution in [0.25, 0.3) is 0 Å². The van der Waals surface area contributed by atoms with E-state index in [1.54, 1.807) is 13.1 Å². The first kappa shape index (κ1) is 14.5. The minimum absolute atomic E-state index is 0.0186. The summed E-state index contributed by atoms with van der Waals surface area (Å²) in [5.74, 6) is 0.0186. The maximum absolute atomic E-state index is 11.2. The zero-order valence-corrected chi connectivity index (χ0v) is 13.7. The molecule has 0 radical (unpaired) electrons. The van der Waals surface area contributed by atoms with Crippen molar-refractivity contribution in [3.63, 3.8) is 0 Å². The van der Waals surface area contributed by atoms with Gasteiger partial charge in [-0.25, -0.2) is 4.98 Å². The second-order valence-electron chi connectivity index (χ2n) is 5.95. The number of ketones is 1. The van der Waals surface area contributed by atoms with E-state index in [4.69, 9.17) is 4.43 Å². The van der Waals surface area contributed by atoms with Crippen molar-refractivity contribution in [2.75, 3.05) is 0 Å². The van der Waals surface area contributed by atoms with Gasteiger partial charge in [-0.3, -0.25) is 4.79 Å². The quantitative estimate of drug-likeness (QED) is 0.624. The molecule has 0 spiro atoms. The SMILES string of the molecule is CC(=O)c1ncc(C(C)(C)O[SiH2]C(C)(C)C)s1. The van der Waals surface area contributed by atoms with Crippen molar-refractivity contribution in [3.8, 4) is 0 Å². The maximum atomic E-state index is 11.2. The molecule has 96 valence electrons. The van der Waals surface area contributed by atoms with E-state index >= 15 is 0 Å². The molecule has 0 fully saturated rings. The van der Waals surface area contributed by atoms with Gasteiger partial charge in [-0.05, 0) is 18.9 Å². The molecule has 0 amide bonds. The van der Waals surface area contributed by atoms with Crippen molar-refractivity contribution in [2.24, 2.45) is 0 Å². The average Bonchev–Trinajstić information content (AvgIpc) is 2.63. The Hall–Kier alpha value is -0.523. The summed E-state index contributed by atoms with van der Waals surface area (Å²) in [7, 11) is -0.615. The van der Waals surface area contributed by atoms with Crippen LogP contribution in [0.4, 0.5) is 0 Å². The Morgan fingerprint density at radius 1 is 1.35 bits per heavy atom. The van der Waals surface area contributed by atoms with E-state index in [0.29, 0.717) is 5.01 Å². The summed E-state index contributed by atoms with van der Waals surface area (Å²) >= 11 is 1.44. The molecule has 1 aromatic heterocycles. The molecule has 3 nitrogen and oxygen atoms in total. The summed E-state index contributed by atoms with van der Waals surface area (Å²) < 4.78 is 6.07. The van der Waals surface area contributed by atoms with Gasteiger partial charge in [-0.2, -0.15) is 0 Å². The molecule has 0 aliphatic heterocycles. The van der Waals surface area contributed by atoms with Gasteiger partial charge >= 0.3 is 0 Å². The number of nitrogens with zero attached hydrogens (tertiary/aromatic N) is 1. The third-order valence-corrected chi connectivity index (χ3v) is 5.40. The van der Waals surface area contributed by atoms with Gasteiger partial charge in [0.05, 0.1) is 10.5 Å². The van der Waals surface area contributed by atoms with Crippen LogP contribution in [0.5, 0.6) is 0 Å². The molecule has 1 rings (SSSR count). The lowest BCUT2D eigenvalue weighted by atomic mass is 10.1. The molecule has 0 aromatic carbocycles. The largest absolute Gasteiger partial charge is 0.414 e. The molecule has 1 heterocycles. The fourth-order valence-electron chi connectivity index (χ4n) is 1.18. The van der Waals surface area contributed by atoms with Crippen molar-refractivity contribution < 1.29 is 9.22 Å². The number of hydrogen-bond acceptors (Lipinski definition) is 4. The maximum Gasteiger partial charge on any atom is 0.188 e. The molecular weight excluding hydrogens is 250 g/mol. The minimum Gasteiger partial charge on any atom is -0.414 e. The predicted octanol–water partition coefficient (Wildman–Crippen LogP) is 2.90. The smallest absolute Gasteiger partial charge is 0.188 e. The third kappa shape index (κ3) is 4.33. The Bertz CT molecular complexity index is 407. The Morgan fingerprint density at radius 3 is 2.35 bits per heavy atom. The van der Waals surface area contributed by atoms with Crippen LogP contribution in [0.1, 0.15) is 56.2 Å². The second kappa shape index (κ2) is 5.00. The molecule has 17 heavy (non-hydrogen) atoms. The summed E-state index contributed by atoms with van der Waals surface area (Å²) in [6, 6.07) is 0. The molecule has 0 saturated carbocycles. The zero-order valence-electron chi connectivity index (χ0n) is 11.5. The lowest BCUT2D eigenvalue weighted by Crippen LogP contribution is -2.26. The highest BCUT2D eigenvalue weighted by Gasteiger charge is 2.27. The number of hydrogen-bond donors (Lipinski definition) is 0.